The third-order valence-corrected chi connectivity index (χ3v) is 6.25. The summed E-state index contributed by atoms with van der Waals surface area (Å²) in [6.07, 6.45) is 3.38. The van der Waals surface area contributed by atoms with Crippen molar-refractivity contribution in [2.75, 3.05) is 6.54 Å². The van der Waals surface area contributed by atoms with Gasteiger partial charge in [-0.05, 0) is 69.4 Å². The molecule has 0 saturated carbocycles. The standard InChI is InChI=1S/C24H33NO6S/c1-4-14-24(3,27)15-5-6-16-25-23(26)30-18-20-8-7-9-21(17-20)31-32(28,29)22-12-10-19(2)11-13-22/h7-13,17,27H,4-6,14-16,18H2,1-3H3,(H,25,26). The summed E-state index contributed by atoms with van der Waals surface area (Å²) in [6.45, 7) is 6.19. The number of hydrogen-bond donors (Lipinski definition) is 2. The second kappa shape index (κ2) is 11.9. The summed E-state index contributed by atoms with van der Waals surface area (Å²) < 4.78 is 35.3. The Hall–Kier alpha value is -2.58. The van der Waals surface area contributed by atoms with Gasteiger partial charge in [0.15, 0.2) is 0 Å². The van der Waals surface area contributed by atoms with E-state index in [1.54, 1.807) is 24.3 Å². The average molecular weight is 464 g/mol. The van der Waals surface area contributed by atoms with Crippen molar-refractivity contribution in [2.24, 2.45) is 0 Å². The molecule has 1 amide bonds. The van der Waals surface area contributed by atoms with Crippen LogP contribution in [0.4, 0.5) is 4.79 Å². The number of aliphatic hydroxyl groups is 1. The number of aryl methyl sites for hydroxylation is 1. The average Bonchev–Trinajstić information content (AvgIpc) is 2.72. The molecule has 0 bridgehead atoms. The van der Waals surface area contributed by atoms with E-state index in [9.17, 15) is 18.3 Å². The van der Waals surface area contributed by atoms with Gasteiger partial charge in [0, 0.05) is 6.54 Å². The fourth-order valence-corrected chi connectivity index (χ4v) is 4.17. The first kappa shape index (κ1) is 25.7. The minimum Gasteiger partial charge on any atom is -0.445 e. The summed E-state index contributed by atoms with van der Waals surface area (Å²) >= 11 is 0. The van der Waals surface area contributed by atoms with Crippen molar-refractivity contribution in [3.63, 3.8) is 0 Å². The molecule has 1 atom stereocenters. The molecule has 0 aliphatic carbocycles. The number of amides is 1. The minimum atomic E-state index is -3.95. The van der Waals surface area contributed by atoms with E-state index < -0.39 is 21.8 Å². The van der Waals surface area contributed by atoms with Gasteiger partial charge in [-0.15, -0.1) is 0 Å². The van der Waals surface area contributed by atoms with E-state index in [0.717, 1.165) is 31.2 Å². The Labute approximate surface area is 190 Å². The van der Waals surface area contributed by atoms with Gasteiger partial charge in [-0.25, -0.2) is 4.79 Å². The number of ether oxygens (including phenoxy) is 1. The SMILES string of the molecule is CCCC(C)(O)CCCCNC(=O)OCc1cccc(OS(=O)(=O)c2ccc(C)cc2)c1. The van der Waals surface area contributed by atoms with Crippen LogP contribution in [0.2, 0.25) is 0 Å². The van der Waals surface area contributed by atoms with E-state index in [1.165, 1.54) is 24.3 Å². The molecule has 0 fully saturated rings. The third-order valence-electron chi connectivity index (χ3n) is 4.98. The molecule has 0 aliphatic heterocycles. The van der Waals surface area contributed by atoms with Gasteiger partial charge in [-0.1, -0.05) is 43.2 Å². The number of carbonyl (C=O) groups is 1. The maximum absolute atomic E-state index is 12.4. The summed E-state index contributed by atoms with van der Waals surface area (Å²) in [5, 5.41) is 12.8. The van der Waals surface area contributed by atoms with E-state index in [-0.39, 0.29) is 17.3 Å². The van der Waals surface area contributed by atoms with E-state index >= 15 is 0 Å². The molecule has 7 nitrogen and oxygen atoms in total. The summed E-state index contributed by atoms with van der Waals surface area (Å²) in [6, 6.07) is 12.8. The van der Waals surface area contributed by atoms with Crippen LogP contribution < -0.4 is 9.50 Å². The summed E-state index contributed by atoms with van der Waals surface area (Å²) in [4.78, 5) is 12.0. The molecule has 0 aromatic heterocycles. The highest BCUT2D eigenvalue weighted by molar-refractivity contribution is 7.87. The number of carbonyl (C=O) groups excluding carboxylic acids is 1. The van der Waals surface area contributed by atoms with Gasteiger partial charge in [0.25, 0.3) is 0 Å². The summed E-state index contributed by atoms with van der Waals surface area (Å²) in [7, 11) is -3.95. The molecular weight excluding hydrogens is 430 g/mol. The first-order chi connectivity index (χ1) is 15.1. The van der Waals surface area contributed by atoms with Gasteiger partial charge in [-0.3, -0.25) is 0 Å². The van der Waals surface area contributed by atoms with Gasteiger partial charge in [-0.2, -0.15) is 8.42 Å². The van der Waals surface area contributed by atoms with Crippen LogP contribution in [0.15, 0.2) is 53.4 Å². The molecule has 1 unspecified atom stereocenters. The first-order valence-electron chi connectivity index (χ1n) is 10.8. The number of unbranched alkanes of at least 4 members (excludes halogenated alkanes) is 1. The number of nitrogens with one attached hydrogen (secondary N) is 1. The lowest BCUT2D eigenvalue weighted by Gasteiger charge is -2.22. The first-order valence-corrected chi connectivity index (χ1v) is 12.3. The minimum absolute atomic E-state index is 0.0151. The number of rotatable bonds is 12. The molecule has 8 heteroatoms. The van der Waals surface area contributed by atoms with Crippen molar-refractivity contribution in [2.45, 2.75) is 70.0 Å². The lowest BCUT2D eigenvalue weighted by atomic mass is 9.94. The molecule has 0 radical (unpaired) electrons. The Balaban J connectivity index is 1.78. The predicted molar refractivity (Wildman–Crippen MR) is 123 cm³/mol. The fraction of sp³-hybridized carbons (Fsp3) is 0.458. The number of hydrogen-bond acceptors (Lipinski definition) is 6. The normalized spacial score (nSPS) is 13.2. The van der Waals surface area contributed by atoms with Crippen molar-refractivity contribution in [1.82, 2.24) is 5.32 Å². The Morgan fingerprint density at radius 3 is 2.50 bits per heavy atom. The number of alkyl carbamates (subject to hydrolysis) is 1. The molecular formula is C24H33NO6S. The molecule has 0 heterocycles. The van der Waals surface area contributed by atoms with Gasteiger partial charge < -0.3 is 19.3 Å². The maximum Gasteiger partial charge on any atom is 0.407 e. The highest BCUT2D eigenvalue weighted by Gasteiger charge is 2.18. The van der Waals surface area contributed by atoms with Crippen LogP contribution in [0.5, 0.6) is 5.75 Å². The zero-order valence-corrected chi connectivity index (χ0v) is 19.8. The molecule has 0 aliphatic rings. The van der Waals surface area contributed by atoms with Crippen LogP contribution in [0.3, 0.4) is 0 Å². The highest BCUT2D eigenvalue weighted by Crippen LogP contribution is 2.21. The van der Waals surface area contributed by atoms with Gasteiger partial charge in [0.05, 0.1) is 5.60 Å². The van der Waals surface area contributed by atoms with Gasteiger partial charge in [0.2, 0.25) is 0 Å². The molecule has 32 heavy (non-hydrogen) atoms. The Morgan fingerprint density at radius 1 is 1.09 bits per heavy atom. The molecule has 0 saturated heterocycles. The fourth-order valence-electron chi connectivity index (χ4n) is 3.25. The van der Waals surface area contributed by atoms with Crippen LogP contribution in [-0.4, -0.2) is 31.8 Å². The topological polar surface area (TPSA) is 102 Å². The predicted octanol–water partition coefficient (Wildman–Crippen LogP) is 4.71. The van der Waals surface area contributed by atoms with Crippen LogP contribution in [-0.2, 0) is 21.5 Å². The molecule has 176 valence electrons. The number of benzene rings is 2. The maximum atomic E-state index is 12.4. The van der Waals surface area contributed by atoms with Crippen molar-refractivity contribution in [1.29, 1.82) is 0 Å². The van der Waals surface area contributed by atoms with Crippen LogP contribution in [0, 0.1) is 6.92 Å². The van der Waals surface area contributed by atoms with Crippen molar-refractivity contribution in [3.8, 4) is 5.75 Å². The molecule has 2 aromatic rings. The molecule has 2 rings (SSSR count). The summed E-state index contributed by atoms with van der Waals surface area (Å²) in [5.74, 6) is 0.145. The van der Waals surface area contributed by atoms with Crippen LogP contribution >= 0.6 is 0 Å². The van der Waals surface area contributed by atoms with Crippen molar-refractivity contribution >= 4 is 16.2 Å². The third kappa shape index (κ3) is 8.88. The van der Waals surface area contributed by atoms with Crippen molar-refractivity contribution in [3.05, 3.63) is 59.7 Å². The van der Waals surface area contributed by atoms with Gasteiger partial charge in [0.1, 0.15) is 17.3 Å². The van der Waals surface area contributed by atoms with Crippen LogP contribution in [0.25, 0.3) is 0 Å². The second-order valence-corrected chi connectivity index (χ2v) is 9.75. The second-order valence-electron chi connectivity index (χ2n) is 8.20. The molecule has 2 N–H and O–H groups in total. The van der Waals surface area contributed by atoms with E-state index in [1.807, 2.05) is 20.8 Å². The Kier molecular flexibility index (Phi) is 9.53. The highest BCUT2D eigenvalue weighted by atomic mass is 32.2. The van der Waals surface area contributed by atoms with E-state index in [2.05, 4.69) is 5.32 Å². The zero-order valence-electron chi connectivity index (χ0n) is 19.0. The summed E-state index contributed by atoms with van der Waals surface area (Å²) in [5.41, 5.74) is 0.895. The quantitative estimate of drug-likeness (QED) is 0.349. The van der Waals surface area contributed by atoms with Crippen molar-refractivity contribution < 1.29 is 27.2 Å². The monoisotopic (exact) mass is 463 g/mol. The van der Waals surface area contributed by atoms with E-state index in [0.29, 0.717) is 18.5 Å². The molecule has 0 spiro atoms. The lowest BCUT2D eigenvalue weighted by Crippen LogP contribution is -2.27. The van der Waals surface area contributed by atoms with E-state index in [4.69, 9.17) is 8.92 Å². The Bertz CT molecular complexity index is 970. The van der Waals surface area contributed by atoms with Crippen LogP contribution in [0.1, 0.15) is 57.1 Å². The smallest absolute Gasteiger partial charge is 0.407 e. The molecule has 2 aromatic carbocycles. The Morgan fingerprint density at radius 2 is 1.81 bits per heavy atom. The zero-order chi connectivity index (χ0) is 23.6. The lowest BCUT2D eigenvalue weighted by molar-refractivity contribution is 0.0388. The largest absolute Gasteiger partial charge is 0.445 e. The van der Waals surface area contributed by atoms with Gasteiger partial charge >= 0.3 is 16.2 Å².